The molecule has 1 saturated carbocycles. The lowest BCUT2D eigenvalue weighted by Crippen LogP contribution is -2.33. The molecule has 0 heterocycles. The van der Waals surface area contributed by atoms with E-state index < -0.39 is 27.8 Å². The number of benzene rings is 2. The minimum Gasteiger partial charge on any atom is -0.481 e. The molecular formula is C32H41NO5S. The Hall–Kier alpha value is -2.74. The zero-order chi connectivity index (χ0) is 27.9. The molecular weight excluding hydrogens is 510 g/mol. The molecule has 3 atom stereocenters. The van der Waals surface area contributed by atoms with Crippen molar-refractivity contribution in [3.8, 4) is 0 Å². The van der Waals surface area contributed by atoms with Crippen LogP contribution in [0.2, 0.25) is 0 Å². The van der Waals surface area contributed by atoms with Crippen LogP contribution in [0, 0.1) is 11.3 Å². The van der Waals surface area contributed by atoms with Gasteiger partial charge in [0.1, 0.15) is 0 Å². The highest BCUT2D eigenvalue weighted by molar-refractivity contribution is 7.84. The second-order valence-electron chi connectivity index (χ2n) is 11.0. The zero-order valence-corrected chi connectivity index (χ0v) is 23.5. The number of rotatable bonds is 15. The number of fused-ring (bicyclic) bond motifs is 1. The third-order valence-electron chi connectivity index (χ3n) is 8.52. The molecule has 0 bridgehead atoms. The highest BCUT2D eigenvalue weighted by Gasteiger charge is 2.58. The second-order valence-corrected chi connectivity index (χ2v) is 12.2. The van der Waals surface area contributed by atoms with Crippen molar-refractivity contribution in [3.63, 3.8) is 0 Å². The van der Waals surface area contributed by atoms with E-state index in [1.54, 1.807) is 0 Å². The minimum absolute atomic E-state index is 0.0528. The summed E-state index contributed by atoms with van der Waals surface area (Å²) < 4.78 is 29.5. The number of aliphatic carboxylic acids is 1. The number of carboxylic acid groups (broad SMARTS) is 1. The third kappa shape index (κ3) is 7.07. The van der Waals surface area contributed by atoms with E-state index in [0.29, 0.717) is 6.42 Å². The Bertz CT molecular complexity index is 1270. The van der Waals surface area contributed by atoms with Gasteiger partial charge in [-0.15, -0.1) is 0 Å². The van der Waals surface area contributed by atoms with Gasteiger partial charge in [-0.3, -0.25) is 8.98 Å². The maximum Gasteiger partial charge on any atom is 0.333 e. The van der Waals surface area contributed by atoms with Gasteiger partial charge in [0.2, 0.25) is 0 Å². The number of hydrogen-bond acceptors (Lipinski definition) is 4. The number of hydrogen-bond donors (Lipinski definition) is 2. The Morgan fingerprint density at radius 1 is 0.949 bits per heavy atom. The molecule has 0 saturated heterocycles. The Labute approximate surface area is 233 Å². The van der Waals surface area contributed by atoms with Crippen molar-refractivity contribution in [2.24, 2.45) is 16.5 Å². The molecule has 0 radical (unpaired) electrons. The van der Waals surface area contributed by atoms with E-state index in [0.717, 1.165) is 75.3 Å². The van der Waals surface area contributed by atoms with Gasteiger partial charge in [0.15, 0.2) is 0 Å². The molecule has 7 heteroatoms. The van der Waals surface area contributed by atoms with Crippen molar-refractivity contribution in [2.45, 2.75) is 83.2 Å². The monoisotopic (exact) mass is 551 g/mol. The van der Waals surface area contributed by atoms with E-state index in [1.807, 2.05) is 24.3 Å². The summed E-state index contributed by atoms with van der Waals surface area (Å²) in [6.45, 7) is 4.63. The van der Waals surface area contributed by atoms with Crippen molar-refractivity contribution >= 4 is 27.4 Å². The van der Waals surface area contributed by atoms with Crippen LogP contribution in [0.3, 0.4) is 0 Å². The summed E-state index contributed by atoms with van der Waals surface area (Å²) in [6, 6.07) is 20.6. The van der Waals surface area contributed by atoms with Gasteiger partial charge in [-0.2, -0.15) is 8.42 Å². The summed E-state index contributed by atoms with van der Waals surface area (Å²) in [7, 11) is -4.08. The number of allylic oxidation sites excluding steroid dienone is 3. The fourth-order valence-corrected chi connectivity index (χ4v) is 7.45. The SMILES string of the molecule is C=C(c1ccccc1)[C@@]12CC[C@H](OS(N)(=O)=O)C1CC(CCCCCCCCCC(=O)O)=C2c1ccccc1. The normalized spacial score (nSPS) is 22.7. The van der Waals surface area contributed by atoms with Crippen LogP contribution in [0.25, 0.3) is 11.1 Å². The average molecular weight is 552 g/mol. The van der Waals surface area contributed by atoms with Crippen LogP contribution < -0.4 is 5.14 Å². The first kappa shape index (κ1) is 29.2. The largest absolute Gasteiger partial charge is 0.481 e. The van der Waals surface area contributed by atoms with Crippen LogP contribution >= 0.6 is 0 Å². The van der Waals surface area contributed by atoms with Gasteiger partial charge in [0.25, 0.3) is 0 Å². The Kier molecular flexibility index (Phi) is 9.81. The summed E-state index contributed by atoms with van der Waals surface area (Å²) in [5.41, 5.74) is 5.49. The number of nitrogens with two attached hydrogens (primary N) is 1. The van der Waals surface area contributed by atoms with Crippen LogP contribution in [0.4, 0.5) is 0 Å². The number of unbranched alkanes of at least 4 members (excludes halogenated alkanes) is 6. The Morgan fingerprint density at radius 3 is 2.15 bits per heavy atom. The van der Waals surface area contributed by atoms with Crippen LogP contribution in [0.1, 0.15) is 88.2 Å². The third-order valence-corrected chi connectivity index (χ3v) is 9.04. The number of carboxylic acids is 1. The summed E-state index contributed by atoms with van der Waals surface area (Å²) in [4.78, 5) is 10.7. The van der Waals surface area contributed by atoms with Crippen molar-refractivity contribution in [1.29, 1.82) is 0 Å². The van der Waals surface area contributed by atoms with Crippen LogP contribution in [0.15, 0.2) is 72.8 Å². The van der Waals surface area contributed by atoms with Crippen LogP contribution in [0.5, 0.6) is 0 Å². The molecule has 0 spiro atoms. The smallest absolute Gasteiger partial charge is 0.333 e. The lowest BCUT2D eigenvalue weighted by Gasteiger charge is -2.37. The first-order valence-electron chi connectivity index (χ1n) is 14.2. The molecule has 1 unspecified atom stereocenters. The molecule has 2 aliphatic carbocycles. The van der Waals surface area contributed by atoms with E-state index >= 15 is 0 Å². The molecule has 0 aliphatic heterocycles. The summed E-state index contributed by atoms with van der Waals surface area (Å²) in [5.74, 6) is -0.772. The standard InChI is InChI=1S/C32H41NO5S/c1-24(25-15-10-7-11-16-25)32-22-21-29(38-39(33,36)37)28(32)23-27(31(32)26-17-12-8-13-18-26)19-9-5-3-2-4-6-14-20-30(34)35/h7-8,10-13,15-18,28-29H,1-6,9,14,19-23H2,(H,34,35)(H2,33,36,37)/t28?,29-,32-/m0/s1. The summed E-state index contributed by atoms with van der Waals surface area (Å²) >= 11 is 0. The first-order chi connectivity index (χ1) is 18.7. The zero-order valence-electron chi connectivity index (χ0n) is 22.7. The minimum atomic E-state index is -4.08. The van der Waals surface area contributed by atoms with Gasteiger partial charge in [-0.05, 0) is 60.8 Å². The maximum atomic E-state index is 12.0. The average Bonchev–Trinajstić information content (AvgIpc) is 3.42. The quantitative estimate of drug-likeness (QED) is 0.229. The Balaban J connectivity index is 1.57. The maximum absolute atomic E-state index is 12.0. The van der Waals surface area contributed by atoms with Crippen LogP contribution in [-0.2, 0) is 19.3 Å². The van der Waals surface area contributed by atoms with E-state index in [2.05, 4.69) is 43.0 Å². The molecule has 0 aromatic heterocycles. The van der Waals surface area contributed by atoms with Crippen molar-refractivity contribution in [2.75, 3.05) is 0 Å². The molecule has 6 nitrogen and oxygen atoms in total. The van der Waals surface area contributed by atoms with Crippen molar-refractivity contribution in [3.05, 3.63) is 83.9 Å². The van der Waals surface area contributed by atoms with E-state index in [4.69, 9.17) is 14.4 Å². The second kappa shape index (κ2) is 13.1. The molecule has 1 fully saturated rings. The van der Waals surface area contributed by atoms with E-state index in [9.17, 15) is 13.2 Å². The van der Waals surface area contributed by atoms with E-state index in [-0.39, 0.29) is 12.3 Å². The first-order valence-corrected chi connectivity index (χ1v) is 15.6. The number of carbonyl (C=O) groups is 1. The highest BCUT2D eigenvalue weighted by Crippen LogP contribution is 2.66. The van der Waals surface area contributed by atoms with Gasteiger partial charge in [0, 0.05) is 17.8 Å². The van der Waals surface area contributed by atoms with E-state index in [1.165, 1.54) is 16.7 Å². The van der Waals surface area contributed by atoms with Crippen molar-refractivity contribution < 1.29 is 22.5 Å². The van der Waals surface area contributed by atoms with Gasteiger partial charge in [0.05, 0.1) is 6.10 Å². The topological polar surface area (TPSA) is 107 Å². The molecule has 2 aliphatic rings. The summed E-state index contributed by atoms with van der Waals surface area (Å²) in [6.07, 6.45) is 10.1. The molecule has 39 heavy (non-hydrogen) atoms. The highest BCUT2D eigenvalue weighted by atomic mass is 32.2. The molecule has 0 amide bonds. The predicted octanol–water partition coefficient (Wildman–Crippen LogP) is 7.14. The predicted molar refractivity (Wildman–Crippen MR) is 156 cm³/mol. The molecule has 210 valence electrons. The fourth-order valence-electron chi connectivity index (χ4n) is 6.87. The molecule has 4 rings (SSSR count). The Morgan fingerprint density at radius 2 is 1.54 bits per heavy atom. The summed E-state index contributed by atoms with van der Waals surface area (Å²) in [5, 5.41) is 14.2. The molecule has 3 N–H and O–H groups in total. The van der Waals surface area contributed by atoms with Crippen molar-refractivity contribution in [1.82, 2.24) is 0 Å². The van der Waals surface area contributed by atoms with Gasteiger partial charge < -0.3 is 5.11 Å². The van der Waals surface area contributed by atoms with Gasteiger partial charge in [-0.1, -0.05) is 105 Å². The van der Waals surface area contributed by atoms with Gasteiger partial charge in [-0.25, -0.2) is 5.14 Å². The van der Waals surface area contributed by atoms with Crippen LogP contribution in [-0.4, -0.2) is 25.6 Å². The molecule has 2 aromatic carbocycles. The molecule has 2 aromatic rings. The fraction of sp³-hybridized carbons (Fsp3) is 0.469. The lowest BCUT2D eigenvalue weighted by atomic mass is 9.66. The lowest BCUT2D eigenvalue weighted by molar-refractivity contribution is -0.137. The van der Waals surface area contributed by atoms with Gasteiger partial charge >= 0.3 is 16.3 Å².